The maximum absolute atomic E-state index is 6.46. The van der Waals surface area contributed by atoms with Crippen molar-refractivity contribution >= 4 is 0 Å². The average molecular weight is 222 g/mol. The standard InChI is InChI=1S/C15H26O/c1-10(2)11-5-8-15(4)13-6-7-14(3,16-15)9-12(11)13/h10-13H,5-9H2,1-4H3/t11-,12-,13-,14+,15+/m0/s1. The van der Waals surface area contributed by atoms with Gasteiger partial charge in [-0.2, -0.15) is 0 Å². The summed E-state index contributed by atoms with van der Waals surface area (Å²) in [4.78, 5) is 0. The van der Waals surface area contributed by atoms with Crippen LogP contribution in [0.5, 0.6) is 0 Å². The first-order valence-electron chi connectivity index (χ1n) is 7.14. The van der Waals surface area contributed by atoms with Crippen LogP contribution in [-0.2, 0) is 4.74 Å². The molecule has 2 aliphatic heterocycles. The molecule has 4 fully saturated rings. The van der Waals surface area contributed by atoms with Gasteiger partial charge in [0.05, 0.1) is 11.2 Å². The molecule has 1 heteroatoms. The fraction of sp³-hybridized carbons (Fsp3) is 1.00. The Morgan fingerprint density at radius 3 is 2.50 bits per heavy atom. The smallest absolute Gasteiger partial charge is 0.0692 e. The third kappa shape index (κ3) is 1.40. The van der Waals surface area contributed by atoms with Crippen molar-refractivity contribution in [3.05, 3.63) is 0 Å². The molecule has 2 saturated heterocycles. The van der Waals surface area contributed by atoms with Gasteiger partial charge in [-0.1, -0.05) is 13.8 Å². The van der Waals surface area contributed by atoms with E-state index in [1.54, 1.807) is 0 Å². The van der Waals surface area contributed by atoms with Gasteiger partial charge in [0.25, 0.3) is 0 Å². The summed E-state index contributed by atoms with van der Waals surface area (Å²) in [7, 11) is 0. The lowest BCUT2D eigenvalue weighted by molar-refractivity contribution is -0.286. The van der Waals surface area contributed by atoms with E-state index in [2.05, 4.69) is 27.7 Å². The van der Waals surface area contributed by atoms with Crippen molar-refractivity contribution in [1.29, 1.82) is 0 Å². The van der Waals surface area contributed by atoms with Gasteiger partial charge in [0.2, 0.25) is 0 Å². The molecule has 0 aromatic carbocycles. The van der Waals surface area contributed by atoms with Gasteiger partial charge in [0.1, 0.15) is 0 Å². The first kappa shape index (κ1) is 11.1. The molecule has 4 bridgehead atoms. The van der Waals surface area contributed by atoms with Crippen LogP contribution in [0.2, 0.25) is 0 Å². The maximum atomic E-state index is 6.46. The lowest BCUT2D eigenvalue weighted by Gasteiger charge is -2.63. The van der Waals surface area contributed by atoms with Gasteiger partial charge < -0.3 is 4.74 Å². The van der Waals surface area contributed by atoms with Crippen molar-refractivity contribution in [1.82, 2.24) is 0 Å². The van der Waals surface area contributed by atoms with Gasteiger partial charge in [0.15, 0.2) is 0 Å². The van der Waals surface area contributed by atoms with Crippen molar-refractivity contribution in [2.24, 2.45) is 23.7 Å². The summed E-state index contributed by atoms with van der Waals surface area (Å²) in [5.41, 5.74) is 0.434. The number of fused-ring (bicyclic) bond motifs is 1. The van der Waals surface area contributed by atoms with Crippen LogP contribution < -0.4 is 0 Å². The zero-order chi connectivity index (χ0) is 11.6. The average Bonchev–Trinajstić information content (AvgIpc) is 2.14. The molecule has 16 heavy (non-hydrogen) atoms. The van der Waals surface area contributed by atoms with Crippen LogP contribution >= 0.6 is 0 Å². The highest BCUT2D eigenvalue weighted by Crippen LogP contribution is 2.60. The first-order valence-corrected chi connectivity index (χ1v) is 7.14. The van der Waals surface area contributed by atoms with Gasteiger partial charge in [-0.05, 0) is 69.6 Å². The van der Waals surface area contributed by atoms with Crippen LogP contribution in [0.25, 0.3) is 0 Å². The zero-order valence-electron chi connectivity index (χ0n) is 11.3. The SMILES string of the molecule is CC(C)[C@@H]1CC[C@@]2(C)O[C@]3(C)CC[C@H]2[C@H]1C3. The molecule has 4 rings (SSSR count). The molecular formula is C15H26O. The fourth-order valence-electron chi connectivity index (χ4n) is 5.09. The summed E-state index contributed by atoms with van der Waals surface area (Å²) >= 11 is 0. The van der Waals surface area contributed by atoms with E-state index in [1.807, 2.05) is 0 Å². The second kappa shape index (κ2) is 3.25. The van der Waals surface area contributed by atoms with E-state index in [4.69, 9.17) is 4.74 Å². The van der Waals surface area contributed by atoms with E-state index in [0.29, 0.717) is 0 Å². The van der Waals surface area contributed by atoms with E-state index in [1.165, 1.54) is 32.1 Å². The molecular weight excluding hydrogens is 196 g/mol. The third-order valence-electron chi connectivity index (χ3n) is 5.81. The molecule has 5 atom stereocenters. The van der Waals surface area contributed by atoms with E-state index in [-0.39, 0.29) is 11.2 Å². The number of hydrogen-bond acceptors (Lipinski definition) is 1. The maximum Gasteiger partial charge on any atom is 0.0692 e. The summed E-state index contributed by atoms with van der Waals surface area (Å²) in [6.45, 7) is 9.58. The minimum absolute atomic E-state index is 0.210. The molecule has 1 nitrogen and oxygen atoms in total. The predicted octanol–water partition coefficient (Wildman–Crippen LogP) is 4.02. The number of rotatable bonds is 1. The number of ether oxygens (including phenoxy) is 1. The Kier molecular flexibility index (Phi) is 2.25. The molecule has 0 aromatic heterocycles. The van der Waals surface area contributed by atoms with Gasteiger partial charge in [-0.15, -0.1) is 0 Å². The Hall–Kier alpha value is -0.0400. The van der Waals surface area contributed by atoms with Gasteiger partial charge in [-0.3, -0.25) is 0 Å². The van der Waals surface area contributed by atoms with Crippen LogP contribution in [0.4, 0.5) is 0 Å². The van der Waals surface area contributed by atoms with Crippen LogP contribution in [0.15, 0.2) is 0 Å². The third-order valence-corrected chi connectivity index (χ3v) is 5.81. The molecule has 0 aromatic rings. The molecule has 92 valence electrons. The van der Waals surface area contributed by atoms with E-state index >= 15 is 0 Å². The van der Waals surface area contributed by atoms with Gasteiger partial charge in [-0.25, -0.2) is 0 Å². The van der Waals surface area contributed by atoms with E-state index in [0.717, 1.165) is 23.7 Å². The molecule has 4 aliphatic rings. The second-order valence-electron chi connectivity index (χ2n) is 7.32. The minimum atomic E-state index is 0.210. The minimum Gasteiger partial charge on any atom is -0.369 e. The predicted molar refractivity (Wildman–Crippen MR) is 66.3 cm³/mol. The van der Waals surface area contributed by atoms with Crippen LogP contribution in [-0.4, -0.2) is 11.2 Å². The van der Waals surface area contributed by atoms with Crippen LogP contribution in [0.3, 0.4) is 0 Å². The molecule has 0 N–H and O–H groups in total. The Morgan fingerprint density at radius 1 is 1.12 bits per heavy atom. The second-order valence-corrected chi connectivity index (χ2v) is 7.32. The van der Waals surface area contributed by atoms with Gasteiger partial charge >= 0.3 is 0 Å². The highest BCUT2D eigenvalue weighted by atomic mass is 16.5. The van der Waals surface area contributed by atoms with E-state index < -0.39 is 0 Å². The quantitative estimate of drug-likeness (QED) is 0.651. The molecule has 2 aliphatic carbocycles. The van der Waals surface area contributed by atoms with Crippen molar-refractivity contribution in [3.63, 3.8) is 0 Å². The highest BCUT2D eigenvalue weighted by Gasteiger charge is 2.59. The first-order chi connectivity index (χ1) is 7.44. The summed E-state index contributed by atoms with van der Waals surface area (Å²) in [6.07, 6.45) is 6.74. The molecule has 0 unspecified atom stereocenters. The lowest BCUT2D eigenvalue weighted by atomic mass is 9.52. The molecule has 2 heterocycles. The molecule has 0 amide bonds. The molecule has 2 saturated carbocycles. The summed E-state index contributed by atoms with van der Waals surface area (Å²) in [5.74, 6) is 3.63. The zero-order valence-corrected chi connectivity index (χ0v) is 11.3. The van der Waals surface area contributed by atoms with E-state index in [9.17, 15) is 0 Å². The van der Waals surface area contributed by atoms with Crippen LogP contribution in [0.1, 0.15) is 59.8 Å². The molecule has 0 spiro atoms. The largest absolute Gasteiger partial charge is 0.369 e. The fourth-order valence-corrected chi connectivity index (χ4v) is 5.09. The Bertz CT molecular complexity index is 298. The normalized spacial score (nSPS) is 55.7. The summed E-state index contributed by atoms with van der Waals surface area (Å²) in [5, 5.41) is 0. The van der Waals surface area contributed by atoms with Gasteiger partial charge in [0, 0.05) is 0 Å². The Balaban J connectivity index is 1.93. The van der Waals surface area contributed by atoms with Crippen molar-refractivity contribution in [2.75, 3.05) is 0 Å². The highest BCUT2D eigenvalue weighted by molar-refractivity contribution is 5.08. The van der Waals surface area contributed by atoms with Crippen molar-refractivity contribution in [3.8, 4) is 0 Å². The lowest BCUT2D eigenvalue weighted by Crippen LogP contribution is -2.63. The number of hydrogen-bond donors (Lipinski definition) is 0. The summed E-state index contributed by atoms with van der Waals surface area (Å²) in [6, 6.07) is 0. The monoisotopic (exact) mass is 222 g/mol. The summed E-state index contributed by atoms with van der Waals surface area (Å²) < 4.78 is 6.46. The Morgan fingerprint density at radius 2 is 1.88 bits per heavy atom. The topological polar surface area (TPSA) is 9.23 Å². The Labute approximate surface area is 99.9 Å². The van der Waals surface area contributed by atoms with Crippen LogP contribution in [0, 0.1) is 23.7 Å². The van der Waals surface area contributed by atoms with Crippen molar-refractivity contribution < 1.29 is 4.74 Å². The van der Waals surface area contributed by atoms with Crippen molar-refractivity contribution in [2.45, 2.75) is 71.0 Å². The molecule has 0 radical (unpaired) electrons.